The summed E-state index contributed by atoms with van der Waals surface area (Å²) < 4.78 is 39.3. The van der Waals surface area contributed by atoms with Gasteiger partial charge >= 0.3 is 6.18 Å². The Hall–Kier alpha value is -0.820. The number of nitrogens with zero attached hydrogens (tertiary/aromatic N) is 1. The standard InChI is InChI=1S/C13H16BrF3N2O/c14-8-6-9(13(15,16)17)12(18-7-8)19-10-4-2-1-3-5-11(10)20/h6-7,10-11,20H,1-5H2,(H,18,19). The first-order valence-electron chi connectivity index (χ1n) is 6.55. The first-order chi connectivity index (χ1) is 9.38. The fraction of sp³-hybridized carbons (Fsp3) is 0.615. The van der Waals surface area contributed by atoms with Crippen molar-refractivity contribution in [2.24, 2.45) is 0 Å². The summed E-state index contributed by atoms with van der Waals surface area (Å²) in [4.78, 5) is 3.81. The summed E-state index contributed by atoms with van der Waals surface area (Å²) in [6, 6.07) is 0.616. The highest BCUT2D eigenvalue weighted by Gasteiger charge is 2.35. The zero-order valence-corrected chi connectivity index (χ0v) is 12.3. The number of nitrogens with one attached hydrogen (secondary N) is 1. The summed E-state index contributed by atoms with van der Waals surface area (Å²) in [7, 11) is 0. The normalized spacial score (nSPS) is 24.2. The minimum absolute atomic E-state index is 0.216. The number of hydrogen-bond acceptors (Lipinski definition) is 3. The highest BCUT2D eigenvalue weighted by molar-refractivity contribution is 9.10. The quantitative estimate of drug-likeness (QED) is 0.791. The van der Waals surface area contributed by atoms with Crippen LogP contribution >= 0.6 is 15.9 Å². The van der Waals surface area contributed by atoms with Crippen LogP contribution in [0.2, 0.25) is 0 Å². The molecule has 2 rings (SSSR count). The van der Waals surface area contributed by atoms with Gasteiger partial charge in [-0.05, 0) is 34.8 Å². The van der Waals surface area contributed by atoms with Crippen molar-refractivity contribution in [2.45, 2.75) is 50.4 Å². The van der Waals surface area contributed by atoms with E-state index in [9.17, 15) is 18.3 Å². The number of aromatic nitrogens is 1. The van der Waals surface area contributed by atoms with E-state index in [1.807, 2.05) is 0 Å². The van der Waals surface area contributed by atoms with Crippen molar-refractivity contribution in [1.29, 1.82) is 0 Å². The average Bonchev–Trinajstić information content (AvgIpc) is 2.56. The number of aliphatic hydroxyl groups is 1. The van der Waals surface area contributed by atoms with Crippen molar-refractivity contribution in [3.8, 4) is 0 Å². The molecule has 1 aromatic rings. The number of pyridine rings is 1. The molecule has 1 aromatic heterocycles. The van der Waals surface area contributed by atoms with Crippen LogP contribution in [0.5, 0.6) is 0 Å². The van der Waals surface area contributed by atoms with Gasteiger partial charge in [0.1, 0.15) is 5.82 Å². The molecule has 0 saturated heterocycles. The van der Waals surface area contributed by atoms with E-state index in [1.54, 1.807) is 0 Å². The molecule has 1 saturated carbocycles. The molecule has 0 amide bonds. The first kappa shape index (κ1) is 15.6. The summed E-state index contributed by atoms with van der Waals surface area (Å²) in [6.07, 6.45) is 0.256. The highest BCUT2D eigenvalue weighted by Crippen LogP contribution is 2.36. The van der Waals surface area contributed by atoms with E-state index in [1.165, 1.54) is 6.20 Å². The van der Waals surface area contributed by atoms with E-state index in [-0.39, 0.29) is 16.3 Å². The molecular formula is C13H16BrF3N2O. The Morgan fingerprint density at radius 2 is 1.95 bits per heavy atom. The SMILES string of the molecule is OC1CCCCCC1Nc1ncc(Br)cc1C(F)(F)F. The second kappa shape index (κ2) is 6.30. The van der Waals surface area contributed by atoms with Gasteiger partial charge in [-0.25, -0.2) is 4.98 Å². The summed E-state index contributed by atoms with van der Waals surface area (Å²) in [5, 5.41) is 12.7. The lowest BCUT2D eigenvalue weighted by Crippen LogP contribution is -2.33. The monoisotopic (exact) mass is 352 g/mol. The lowest BCUT2D eigenvalue weighted by atomic mass is 10.1. The fourth-order valence-corrected chi connectivity index (χ4v) is 2.73. The molecule has 112 valence electrons. The Morgan fingerprint density at radius 3 is 2.65 bits per heavy atom. The molecule has 0 aliphatic heterocycles. The molecule has 0 radical (unpaired) electrons. The lowest BCUT2D eigenvalue weighted by molar-refractivity contribution is -0.137. The van der Waals surface area contributed by atoms with E-state index in [0.717, 1.165) is 25.3 Å². The maximum atomic E-state index is 13.0. The molecule has 0 aromatic carbocycles. The largest absolute Gasteiger partial charge is 0.419 e. The summed E-state index contributed by atoms with van der Waals surface area (Å²) in [6.45, 7) is 0. The number of aliphatic hydroxyl groups excluding tert-OH is 1. The molecular weight excluding hydrogens is 337 g/mol. The molecule has 2 unspecified atom stereocenters. The number of hydrogen-bond donors (Lipinski definition) is 2. The number of rotatable bonds is 2. The van der Waals surface area contributed by atoms with Crippen LogP contribution in [-0.2, 0) is 6.18 Å². The van der Waals surface area contributed by atoms with Gasteiger partial charge in [0, 0.05) is 10.7 Å². The van der Waals surface area contributed by atoms with E-state index in [2.05, 4.69) is 26.2 Å². The van der Waals surface area contributed by atoms with E-state index >= 15 is 0 Å². The molecule has 7 heteroatoms. The van der Waals surface area contributed by atoms with Crippen LogP contribution in [0.25, 0.3) is 0 Å². The average molecular weight is 353 g/mol. The van der Waals surface area contributed by atoms with Gasteiger partial charge < -0.3 is 10.4 Å². The molecule has 0 spiro atoms. The maximum Gasteiger partial charge on any atom is 0.419 e. The van der Waals surface area contributed by atoms with Crippen LogP contribution in [0, 0.1) is 0 Å². The first-order valence-corrected chi connectivity index (χ1v) is 7.34. The zero-order chi connectivity index (χ0) is 14.8. The number of alkyl halides is 3. The van der Waals surface area contributed by atoms with Crippen LogP contribution < -0.4 is 5.32 Å². The van der Waals surface area contributed by atoms with Gasteiger partial charge in [0.05, 0.1) is 17.7 Å². The molecule has 1 aliphatic carbocycles. The minimum atomic E-state index is -4.48. The van der Waals surface area contributed by atoms with Crippen molar-refractivity contribution in [3.63, 3.8) is 0 Å². The van der Waals surface area contributed by atoms with E-state index < -0.39 is 17.8 Å². The molecule has 0 bridgehead atoms. The smallest absolute Gasteiger partial charge is 0.391 e. The Bertz CT molecular complexity index is 467. The Morgan fingerprint density at radius 1 is 1.25 bits per heavy atom. The van der Waals surface area contributed by atoms with Gasteiger partial charge in [-0.2, -0.15) is 13.2 Å². The van der Waals surface area contributed by atoms with Crippen LogP contribution in [-0.4, -0.2) is 22.2 Å². The van der Waals surface area contributed by atoms with Crippen molar-refractivity contribution in [2.75, 3.05) is 5.32 Å². The zero-order valence-electron chi connectivity index (χ0n) is 10.8. The van der Waals surface area contributed by atoms with Crippen molar-refractivity contribution in [3.05, 3.63) is 22.3 Å². The second-order valence-electron chi connectivity index (χ2n) is 5.00. The topological polar surface area (TPSA) is 45.1 Å². The van der Waals surface area contributed by atoms with Crippen molar-refractivity contribution < 1.29 is 18.3 Å². The summed E-state index contributed by atoms with van der Waals surface area (Å²) >= 11 is 3.00. The minimum Gasteiger partial charge on any atom is -0.391 e. The van der Waals surface area contributed by atoms with Crippen LogP contribution in [0.15, 0.2) is 16.7 Å². The molecule has 2 N–H and O–H groups in total. The van der Waals surface area contributed by atoms with E-state index in [0.29, 0.717) is 12.8 Å². The lowest BCUT2D eigenvalue weighted by Gasteiger charge is -2.24. The summed E-state index contributed by atoms with van der Waals surface area (Å²) in [5.41, 5.74) is -0.816. The fourth-order valence-electron chi connectivity index (χ4n) is 2.40. The van der Waals surface area contributed by atoms with Gasteiger partial charge in [0.25, 0.3) is 0 Å². The Balaban J connectivity index is 2.24. The second-order valence-corrected chi connectivity index (χ2v) is 5.92. The molecule has 1 aliphatic rings. The number of halogens is 4. The third-order valence-corrected chi connectivity index (χ3v) is 3.89. The molecule has 3 nitrogen and oxygen atoms in total. The van der Waals surface area contributed by atoms with Crippen LogP contribution in [0.1, 0.15) is 37.7 Å². The molecule has 1 heterocycles. The highest BCUT2D eigenvalue weighted by atomic mass is 79.9. The third kappa shape index (κ3) is 3.85. The number of anilines is 1. The van der Waals surface area contributed by atoms with Crippen LogP contribution in [0.4, 0.5) is 19.0 Å². The van der Waals surface area contributed by atoms with Gasteiger partial charge in [-0.1, -0.05) is 19.3 Å². The predicted molar refractivity (Wildman–Crippen MR) is 73.4 cm³/mol. The van der Waals surface area contributed by atoms with Gasteiger partial charge in [0.2, 0.25) is 0 Å². The van der Waals surface area contributed by atoms with Gasteiger partial charge in [-0.15, -0.1) is 0 Å². The van der Waals surface area contributed by atoms with Crippen molar-refractivity contribution >= 4 is 21.7 Å². The Kier molecular flexibility index (Phi) is 4.90. The van der Waals surface area contributed by atoms with E-state index in [4.69, 9.17) is 0 Å². The Labute approximate surface area is 123 Å². The van der Waals surface area contributed by atoms with Gasteiger partial charge in [-0.3, -0.25) is 0 Å². The van der Waals surface area contributed by atoms with Crippen LogP contribution in [0.3, 0.4) is 0 Å². The molecule has 20 heavy (non-hydrogen) atoms. The maximum absolute atomic E-state index is 13.0. The molecule has 1 fully saturated rings. The predicted octanol–water partition coefficient (Wildman–Crippen LogP) is 3.97. The third-order valence-electron chi connectivity index (χ3n) is 3.46. The van der Waals surface area contributed by atoms with Crippen molar-refractivity contribution in [1.82, 2.24) is 4.98 Å². The van der Waals surface area contributed by atoms with Gasteiger partial charge in [0.15, 0.2) is 0 Å². The molecule has 2 atom stereocenters. The summed E-state index contributed by atoms with van der Waals surface area (Å²) in [5.74, 6) is -0.216.